The molecule has 1 aromatic carbocycles. The highest BCUT2D eigenvalue weighted by molar-refractivity contribution is 9.10. The molecular formula is C14H11BrF2O2S. The van der Waals surface area contributed by atoms with E-state index in [0.29, 0.717) is 4.88 Å². The third-order valence-corrected chi connectivity index (χ3v) is 5.14. The molecule has 0 spiro atoms. The van der Waals surface area contributed by atoms with Crippen molar-refractivity contribution in [1.29, 1.82) is 0 Å². The number of alkyl halides is 2. The second kappa shape index (κ2) is 4.49. The number of hydrogen-bond acceptors (Lipinski definition) is 3. The third kappa shape index (κ3) is 2.35. The predicted molar refractivity (Wildman–Crippen MR) is 77.2 cm³/mol. The molecule has 1 aliphatic rings. The predicted octanol–water partition coefficient (Wildman–Crippen LogP) is 4.85. The van der Waals surface area contributed by atoms with Gasteiger partial charge in [0.25, 0.3) is 5.92 Å². The standard InChI is InChI=1S/C14H11BrF2O2S/c1-8(18)19-13(6-14(16,17)7-13)12-4-9-2-3-10(15)5-11(9)20-12/h2-5H,6-7H2,1H3. The van der Waals surface area contributed by atoms with Crippen molar-refractivity contribution >= 4 is 43.3 Å². The van der Waals surface area contributed by atoms with E-state index in [1.807, 2.05) is 24.3 Å². The number of halogens is 3. The Labute approximate surface area is 126 Å². The summed E-state index contributed by atoms with van der Waals surface area (Å²) in [6.45, 7) is 1.25. The van der Waals surface area contributed by atoms with Crippen molar-refractivity contribution in [3.05, 3.63) is 33.6 Å². The number of thiophene rings is 1. The van der Waals surface area contributed by atoms with Gasteiger partial charge in [-0.25, -0.2) is 8.78 Å². The highest BCUT2D eigenvalue weighted by Crippen LogP contribution is 2.56. The van der Waals surface area contributed by atoms with Crippen LogP contribution in [0.25, 0.3) is 10.1 Å². The molecule has 3 rings (SSSR count). The molecule has 0 amide bonds. The van der Waals surface area contributed by atoms with Crippen LogP contribution in [0.1, 0.15) is 24.6 Å². The van der Waals surface area contributed by atoms with Crippen LogP contribution in [0.15, 0.2) is 28.7 Å². The Balaban J connectivity index is 2.04. The van der Waals surface area contributed by atoms with Crippen LogP contribution in [0.4, 0.5) is 8.78 Å². The van der Waals surface area contributed by atoms with Crippen molar-refractivity contribution in [2.45, 2.75) is 31.3 Å². The van der Waals surface area contributed by atoms with Gasteiger partial charge in [0.2, 0.25) is 0 Å². The lowest BCUT2D eigenvalue weighted by Crippen LogP contribution is -2.51. The van der Waals surface area contributed by atoms with E-state index < -0.39 is 30.3 Å². The van der Waals surface area contributed by atoms with Crippen molar-refractivity contribution < 1.29 is 18.3 Å². The molecule has 0 atom stereocenters. The zero-order chi connectivity index (χ0) is 14.5. The van der Waals surface area contributed by atoms with Gasteiger partial charge < -0.3 is 4.74 Å². The molecule has 1 aromatic heterocycles. The first kappa shape index (κ1) is 13.9. The Morgan fingerprint density at radius 2 is 2.05 bits per heavy atom. The Kier molecular flexibility index (Phi) is 3.14. The molecular weight excluding hydrogens is 350 g/mol. The SMILES string of the molecule is CC(=O)OC1(c2cc3ccc(Br)cc3s2)CC(F)(F)C1. The van der Waals surface area contributed by atoms with Gasteiger partial charge in [0.1, 0.15) is 0 Å². The van der Waals surface area contributed by atoms with E-state index >= 15 is 0 Å². The minimum absolute atomic E-state index is 0.437. The van der Waals surface area contributed by atoms with E-state index in [1.54, 1.807) is 0 Å². The van der Waals surface area contributed by atoms with Crippen molar-refractivity contribution in [2.75, 3.05) is 0 Å². The van der Waals surface area contributed by atoms with Gasteiger partial charge in [-0.15, -0.1) is 11.3 Å². The van der Waals surface area contributed by atoms with Gasteiger partial charge in [0.05, 0.1) is 12.8 Å². The van der Waals surface area contributed by atoms with Crippen LogP contribution < -0.4 is 0 Å². The number of esters is 1. The molecule has 0 aliphatic heterocycles. The average Bonchev–Trinajstić information content (AvgIpc) is 2.68. The van der Waals surface area contributed by atoms with Gasteiger partial charge in [-0.3, -0.25) is 4.79 Å². The minimum Gasteiger partial charge on any atom is -0.453 e. The molecule has 0 radical (unpaired) electrons. The summed E-state index contributed by atoms with van der Waals surface area (Å²) in [6, 6.07) is 7.58. The smallest absolute Gasteiger partial charge is 0.303 e. The fraction of sp³-hybridized carbons (Fsp3) is 0.357. The Hall–Kier alpha value is -1.01. The summed E-state index contributed by atoms with van der Waals surface area (Å²) in [4.78, 5) is 11.9. The van der Waals surface area contributed by atoms with Gasteiger partial charge >= 0.3 is 5.97 Å². The van der Waals surface area contributed by atoms with Gasteiger partial charge in [-0.05, 0) is 23.6 Å². The lowest BCUT2D eigenvalue weighted by molar-refractivity contribution is -0.228. The van der Waals surface area contributed by atoms with E-state index in [9.17, 15) is 13.6 Å². The van der Waals surface area contributed by atoms with Gasteiger partial charge in [0, 0.05) is 21.0 Å². The summed E-state index contributed by atoms with van der Waals surface area (Å²) < 4.78 is 33.7. The van der Waals surface area contributed by atoms with Crippen LogP contribution in [0.3, 0.4) is 0 Å². The maximum absolute atomic E-state index is 13.3. The van der Waals surface area contributed by atoms with Crippen LogP contribution >= 0.6 is 27.3 Å². The van der Waals surface area contributed by atoms with Crippen LogP contribution in [-0.2, 0) is 15.1 Å². The second-order valence-electron chi connectivity index (χ2n) is 5.09. The summed E-state index contributed by atoms with van der Waals surface area (Å²) in [5.74, 6) is -3.29. The minimum atomic E-state index is -2.76. The maximum Gasteiger partial charge on any atom is 0.303 e. The van der Waals surface area contributed by atoms with Crippen molar-refractivity contribution in [2.24, 2.45) is 0 Å². The quantitative estimate of drug-likeness (QED) is 0.715. The van der Waals surface area contributed by atoms with Crippen molar-refractivity contribution in [3.63, 3.8) is 0 Å². The van der Waals surface area contributed by atoms with E-state index in [2.05, 4.69) is 15.9 Å². The Morgan fingerprint density at radius 1 is 1.35 bits per heavy atom. The first-order chi connectivity index (χ1) is 9.30. The first-order valence-electron chi connectivity index (χ1n) is 6.07. The molecule has 1 aliphatic carbocycles. The largest absolute Gasteiger partial charge is 0.453 e. The number of carbonyl (C=O) groups excluding carboxylic acids is 1. The van der Waals surface area contributed by atoms with Crippen LogP contribution in [0, 0.1) is 0 Å². The number of benzene rings is 1. The van der Waals surface area contributed by atoms with E-state index in [-0.39, 0.29) is 0 Å². The first-order valence-corrected chi connectivity index (χ1v) is 7.68. The molecule has 0 bridgehead atoms. The van der Waals surface area contributed by atoms with E-state index in [4.69, 9.17) is 4.74 Å². The van der Waals surface area contributed by atoms with Gasteiger partial charge in [-0.2, -0.15) is 0 Å². The fourth-order valence-electron chi connectivity index (χ4n) is 2.59. The Morgan fingerprint density at radius 3 is 2.65 bits per heavy atom. The number of carbonyl (C=O) groups is 1. The lowest BCUT2D eigenvalue weighted by atomic mass is 9.75. The molecule has 106 valence electrons. The molecule has 6 heteroatoms. The summed E-state index contributed by atoms with van der Waals surface area (Å²) in [6.07, 6.45) is -0.874. The molecule has 0 N–H and O–H groups in total. The van der Waals surface area contributed by atoms with Gasteiger partial charge in [0.15, 0.2) is 5.60 Å². The molecule has 2 nitrogen and oxygen atoms in total. The summed E-state index contributed by atoms with van der Waals surface area (Å²) in [5, 5.41) is 0.968. The highest BCUT2D eigenvalue weighted by atomic mass is 79.9. The van der Waals surface area contributed by atoms with Crippen LogP contribution in [0.5, 0.6) is 0 Å². The summed E-state index contributed by atoms with van der Waals surface area (Å²) in [7, 11) is 0. The van der Waals surface area contributed by atoms with Crippen molar-refractivity contribution in [3.8, 4) is 0 Å². The third-order valence-electron chi connectivity index (χ3n) is 3.36. The zero-order valence-corrected chi connectivity index (χ0v) is 13.0. The maximum atomic E-state index is 13.3. The molecule has 1 saturated carbocycles. The van der Waals surface area contributed by atoms with Crippen LogP contribution in [-0.4, -0.2) is 11.9 Å². The highest BCUT2D eigenvalue weighted by Gasteiger charge is 2.60. The number of ether oxygens (including phenoxy) is 1. The molecule has 0 saturated heterocycles. The molecule has 1 heterocycles. The van der Waals surface area contributed by atoms with Crippen LogP contribution in [0.2, 0.25) is 0 Å². The molecule has 1 fully saturated rings. The van der Waals surface area contributed by atoms with E-state index in [1.165, 1.54) is 18.3 Å². The second-order valence-corrected chi connectivity index (χ2v) is 7.09. The van der Waals surface area contributed by atoms with E-state index in [0.717, 1.165) is 14.6 Å². The fourth-order valence-corrected chi connectivity index (χ4v) is 4.32. The van der Waals surface area contributed by atoms with Gasteiger partial charge in [-0.1, -0.05) is 22.0 Å². The van der Waals surface area contributed by atoms with Crippen molar-refractivity contribution in [1.82, 2.24) is 0 Å². The Bertz CT molecular complexity index is 688. The molecule has 20 heavy (non-hydrogen) atoms. The monoisotopic (exact) mass is 360 g/mol. The number of fused-ring (bicyclic) bond motifs is 1. The number of rotatable bonds is 2. The number of hydrogen-bond donors (Lipinski definition) is 0. The topological polar surface area (TPSA) is 26.3 Å². The lowest BCUT2D eigenvalue weighted by Gasteiger charge is -2.45. The summed E-state index contributed by atoms with van der Waals surface area (Å²) in [5.41, 5.74) is -1.16. The average molecular weight is 361 g/mol. The molecule has 2 aromatic rings. The summed E-state index contributed by atoms with van der Waals surface area (Å²) >= 11 is 4.78. The normalized spacial score (nSPS) is 19.6. The zero-order valence-electron chi connectivity index (χ0n) is 10.6. The molecule has 0 unspecified atom stereocenters.